The first kappa shape index (κ1) is 14.8. The number of hydrogen-bond donors (Lipinski definition) is 2. The first-order chi connectivity index (χ1) is 11.2. The maximum Gasteiger partial charge on any atom is 0.335 e. The van der Waals surface area contributed by atoms with E-state index in [1.165, 1.54) is 0 Å². The Labute approximate surface area is 132 Å². The van der Waals surface area contributed by atoms with Crippen molar-refractivity contribution in [2.45, 2.75) is 13.0 Å². The molecule has 3 rings (SSSR count). The van der Waals surface area contributed by atoms with Crippen LogP contribution in [0, 0.1) is 0 Å². The fourth-order valence-corrected chi connectivity index (χ4v) is 2.15. The van der Waals surface area contributed by atoms with Crippen LogP contribution in [0.1, 0.15) is 27.4 Å². The number of nitrogens with one attached hydrogen (secondary N) is 1. The van der Waals surface area contributed by atoms with E-state index in [2.05, 4.69) is 15.0 Å². The summed E-state index contributed by atoms with van der Waals surface area (Å²) in [6.07, 6.45) is 5.74. The minimum absolute atomic E-state index is 0.258. The van der Waals surface area contributed by atoms with E-state index in [4.69, 9.17) is 9.84 Å². The Morgan fingerprint density at radius 2 is 1.96 bits per heavy atom. The van der Waals surface area contributed by atoms with Gasteiger partial charge in [-0.25, -0.2) is 9.78 Å². The molecule has 0 bridgehead atoms. The number of hydrogen-bond acceptors (Lipinski definition) is 4. The molecule has 6 heteroatoms. The predicted molar refractivity (Wildman–Crippen MR) is 83.4 cm³/mol. The van der Waals surface area contributed by atoms with Crippen molar-refractivity contribution in [1.82, 2.24) is 15.0 Å². The molecule has 3 aromatic rings. The lowest BCUT2D eigenvalue weighted by Crippen LogP contribution is -2.02. The topological polar surface area (TPSA) is 88.1 Å². The van der Waals surface area contributed by atoms with E-state index in [1.54, 1.807) is 42.9 Å². The number of carboxylic acid groups (broad SMARTS) is 1. The second-order valence-electron chi connectivity index (χ2n) is 4.95. The molecule has 6 nitrogen and oxygen atoms in total. The van der Waals surface area contributed by atoms with Crippen LogP contribution in [0.5, 0.6) is 5.75 Å². The molecule has 2 heterocycles. The van der Waals surface area contributed by atoms with Crippen molar-refractivity contribution < 1.29 is 14.6 Å². The summed E-state index contributed by atoms with van der Waals surface area (Å²) >= 11 is 0. The standard InChI is InChI=1S/C17H15N3O3/c21-17(22)13-5-3-12(4-6-13)11-23-15-2-1-7-18-14(15)10-16-19-8-9-20-16/h1-9H,10-11H2,(H,19,20)(H,21,22). The van der Waals surface area contributed by atoms with Crippen molar-refractivity contribution in [2.24, 2.45) is 0 Å². The Balaban J connectivity index is 1.69. The minimum atomic E-state index is -0.939. The Kier molecular flexibility index (Phi) is 4.33. The largest absolute Gasteiger partial charge is 0.487 e. The van der Waals surface area contributed by atoms with Crippen molar-refractivity contribution in [2.75, 3.05) is 0 Å². The Morgan fingerprint density at radius 3 is 2.65 bits per heavy atom. The minimum Gasteiger partial charge on any atom is -0.487 e. The van der Waals surface area contributed by atoms with Crippen LogP contribution in [0.25, 0.3) is 0 Å². The quantitative estimate of drug-likeness (QED) is 0.731. The summed E-state index contributed by atoms with van der Waals surface area (Å²) in [6.45, 7) is 0.344. The van der Waals surface area contributed by atoms with Gasteiger partial charge in [-0.05, 0) is 29.8 Å². The van der Waals surface area contributed by atoms with Gasteiger partial charge in [0.25, 0.3) is 0 Å². The highest BCUT2D eigenvalue weighted by molar-refractivity contribution is 5.87. The first-order valence-electron chi connectivity index (χ1n) is 7.09. The molecule has 116 valence electrons. The molecule has 0 fully saturated rings. The van der Waals surface area contributed by atoms with E-state index in [-0.39, 0.29) is 5.56 Å². The molecule has 2 N–H and O–H groups in total. The maximum absolute atomic E-state index is 10.8. The van der Waals surface area contributed by atoms with Crippen molar-refractivity contribution >= 4 is 5.97 Å². The third-order valence-corrected chi connectivity index (χ3v) is 3.33. The predicted octanol–water partition coefficient (Wildman–Crippen LogP) is 2.67. The van der Waals surface area contributed by atoms with Gasteiger partial charge in [-0.15, -0.1) is 0 Å². The highest BCUT2D eigenvalue weighted by Gasteiger charge is 2.08. The van der Waals surface area contributed by atoms with Crippen LogP contribution in [-0.4, -0.2) is 26.0 Å². The van der Waals surface area contributed by atoms with E-state index in [0.29, 0.717) is 18.8 Å². The molecule has 0 saturated carbocycles. The number of benzene rings is 1. The van der Waals surface area contributed by atoms with Crippen LogP contribution in [0.4, 0.5) is 0 Å². The second-order valence-corrected chi connectivity index (χ2v) is 4.95. The molecule has 1 aromatic carbocycles. The Bertz CT molecular complexity index is 783. The van der Waals surface area contributed by atoms with Crippen molar-refractivity contribution in [3.63, 3.8) is 0 Å². The highest BCUT2D eigenvalue weighted by atomic mass is 16.5. The van der Waals surface area contributed by atoms with E-state index >= 15 is 0 Å². The zero-order valence-corrected chi connectivity index (χ0v) is 12.3. The van der Waals surface area contributed by atoms with Gasteiger partial charge in [0.15, 0.2) is 0 Å². The summed E-state index contributed by atoms with van der Waals surface area (Å²) in [4.78, 5) is 22.4. The van der Waals surface area contributed by atoms with Crippen LogP contribution in [0.3, 0.4) is 0 Å². The Morgan fingerprint density at radius 1 is 1.13 bits per heavy atom. The lowest BCUT2D eigenvalue weighted by Gasteiger charge is -2.10. The number of aromatic amines is 1. The number of carboxylic acids is 1. The normalized spacial score (nSPS) is 10.4. The SMILES string of the molecule is O=C(O)c1ccc(COc2cccnc2Cc2ncc[nH]2)cc1. The second kappa shape index (κ2) is 6.74. The van der Waals surface area contributed by atoms with E-state index in [1.807, 2.05) is 12.1 Å². The number of aromatic carboxylic acids is 1. The smallest absolute Gasteiger partial charge is 0.335 e. The average Bonchev–Trinajstić information content (AvgIpc) is 3.07. The molecule has 0 aliphatic heterocycles. The number of aromatic nitrogens is 3. The lowest BCUT2D eigenvalue weighted by atomic mass is 10.1. The maximum atomic E-state index is 10.8. The van der Waals surface area contributed by atoms with Gasteiger partial charge in [0.2, 0.25) is 0 Å². The van der Waals surface area contributed by atoms with Gasteiger partial charge < -0.3 is 14.8 Å². The number of nitrogens with zero attached hydrogens (tertiary/aromatic N) is 2. The molecular weight excluding hydrogens is 294 g/mol. The summed E-state index contributed by atoms with van der Waals surface area (Å²) in [5, 5.41) is 8.89. The molecule has 0 aliphatic carbocycles. The number of carbonyl (C=O) groups is 1. The summed E-state index contributed by atoms with van der Waals surface area (Å²) in [5.41, 5.74) is 1.95. The van der Waals surface area contributed by atoms with Gasteiger partial charge >= 0.3 is 5.97 Å². The first-order valence-corrected chi connectivity index (χ1v) is 7.09. The number of H-pyrrole nitrogens is 1. The molecule has 2 aromatic heterocycles. The van der Waals surface area contributed by atoms with E-state index in [9.17, 15) is 4.79 Å². The van der Waals surface area contributed by atoms with Crippen LogP contribution >= 0.6 is 0 Å². The molecule has 0 unspecified atom stereocenters. The molecule has 0 atom stereocenters. The zero-order chi connectivity index (χ0) is 16.1. The molecule has 0 radical (unpaired) electrons. The van der Waals surface area contributed by atoms with Crippen LogP contribution in [-0.2, 0) is 13.0 Å². The summed E-state index contributed by atoms with van der Waals surface area (Å²) in [5.74, 6) is 0.566. The molecule has 0 amide bonds. The van der Waals surface area contributed by atoms with E-state index < -0.39 is 5.97 Å². The third kappa shape index (κ3) is 3.74. The molecule has 0 spiro atoms. The summed E-state index contributed by atoms with van der Waals surface area (Å²) in [6, 6.07) is 10.3. The fourth-order valence-electron chi connectivity index (χ4n) is 2.15. The van der Waals surface area contributed by atoms with Gasteiger partial charge in [0, 0.05) is 18.6 Å². The van der Waals surface area contributed by atoms with Gasteiger partial charge in [-0.1, -0.05) is 12.1 Å². The number of pyridine rings is 1. The van der Waals surface area contributed by atoms with Gasteiger partial charge in [0.05, 0.1) is 17.7 Å². The molecule has 0 saturated heterocycles. The van der Waals surface area contributed by atoms with Crippen LogP contribution < -0.4 is 4.74 Å². The number of ether oxygens (including phenoxy) is 1. The lowest BCUT2D eigenvalue weighted by molar-refractivity contribution is 0.0697. The monoisotopic (exact) mass is 309 g/mol. The fraction of sp³-hybridized carbons (Fsp3) is 0.118. The third-order valence-electron chi connectivity index (χ3n) is 3.33. The summed E-state index contributed by atoms with van der Waals surface area (Å²) < 4.78 is 5.82. The van der Waals surface area contributed by atoms with Gasteiger partial charge in [-0.3, -0.25) is 4.98 Å². The van der Waals surface area contributed by atoms with Gasteiger partial charge in [0.1, 0.15) is 18.2 Å². The van der Waals surface area contributed by atoms with Gasteiger partial charge in [-0.2, -0.15) is 0 Å². The number of imidazole rings is 1. The molecule has 0 aliphatic rings. The number of rotatable bonds is 6. The average molecular weight is 309 g/mol. The zero-order valence-electron chi connectivity index (χ0n) is 12.3. The summed E-state index contributed by atoms with van der Waals surface area (Å²) in [7, 11) is 0. The Hall–Kier alpha value is -3.15. The highest BCUT2D eigenvalue weighted by Crippen LogP contribution is 2.19. The van der Waals surface area contributed by atoms with Crippen molar-refractivity contribution in [1.29, 1.82) is 0 Å². The van der Waals surface area contributed by atoms with E-state index in [0.717, 1.165) is 17.1 Å². The van der Waals surface area contributed by atoms with Crippen molar-refractivity contribution in [3.05, 3.63) is 77.6 Å². The van der Waals surface area contributed by atoms with Crippen molar-refractivity contribution in [3.8, 4) is 5.75 Å². The molecular formula is C17H15N3O3. The van der Waals surface area contributed by atoms with Crippen LogP contribution in [0.2, 0.25) is 0 Å². The van der Waals surface area contributed by atoms with Crippen LogP contribution in [0.15, 0.2) is 55.0 Å². The molecule has 23 heavy (non-hydrogen) atoms.